The molecule has 0 aromatic heterocycles. The fourth-order valence-corrected chi connectivity index (χ4v) is 9.51. The highest BCUT2D eigenvalue weighted by atomic mass is 35.5. The van der Waals surface area contributed by atoms with Crippen LogP contribution in [0.25, 0.3) is 5.57 Å². The highest BCUT2D eigenvalue weighted by Gasteiger charge is 2.55. The number of rotatable bonds is 13. The molecule has 1 atom stereocenters. The molecule has 2 aliphatic heterocycles. The van der Waals surface area contributed by atoms with E-state index in [1.807, 2.05) is 0 Å². The van der Waals surface area contributed by atoms with Crippen LogP contribution in [0.2, 0.25) is 20.1 Å². The van der Waals surface area contributed by atoms with Crippen molar-refractivity contribution in [3.63, 3.8) is 0 Å². The number of Topliss-reactive ketones (excluding diaryl/α,β-unsaturated/α-hetero) is 3. The van der Waals surface area contributed by atoms with Crippen molar-refractivity contribution in [2.24, 2.45) is 11.8 Å². The smallest absolute Gasteiger partial charge is 0.294 e. The number of hydrogen-bond acceptors (Lipinski definition) is 7. The van der Waals surface area contributed by atoms with E-state index < -0.39 is 40.7 Å². The van der Waals surface area contributed by atoms with Crippen molar-refractivity contribution >= 4 is 111 Å². The number of allylic oxidation sites excluding steroid dienone is 2. The van der Waals surface area contributed by atoms with E-state index >= 15 is 0 Å². The summed E-state index contributed by atoms with van der Waals surface area (Å²) in [6.45, 7) is 3.35. The maximum atomic E-state index is 14.0. The zero-order valence-electron chi connectivity index (χ0n) is 32.3. The van der Waals surface area contributed by atoms with Crippen molar-refractivity contribution in [2.45, 2.75) is 50.2 Å². The molecule has 0 radical (unpaired) electrons. The van der Waals surface area contributed by atoms with Crippen LogP contribution < -0.4 is 0 Å². The first-order valence-corrected chi connectivity index (χ1v) is 22.7. The Bertz CT molecular complexity index is 2340. The van der Waals surface area contributed by atoms with E-state index in [-0.39, 0.29) is 53.9 Å². The molecular weight excluding hydrogens is 944 g/mol. The monoisotopic (exact) mass is 978 g/mol. The first-order valence-electron chi connectivity index (χ1n) is 18.5. The number of hydrogen-bond donors (Lipinski definition) is 1. The average Bonchev–Trinajstić information content (AvgIpc) is 3.11. The largest absolute Gasteiger partial charge is 0.417 e. The van der Waals surface area contributed by atoms with Gasteiger partial charge in [0, 0.05) is 61.6 Å². The van der Waals surface area contributed by atoms with E-state index in [4.69, 9.17) is 46.4 Å². The maximum Gasteiger partial charge on any atom is 0.417 e. The van der Waals surface area contributed by atoms with Crippen LogP contribution in [0.3, 0.4) is 0 Å². The zero-order valence-corrected chi connectivity index (χ0v) is 37.8. The van der Waals surface area contributed by atoms with E-state index in [0.29, 0.717) is 53.0 Å². The van der Waals surface area contributed by atoms with Gasteiger partial charge in [0.25, 0.3) is 0 Å². The molecule has 0 saturated carbocycles. The van der Waals surface area contributed by atoms with Crippen molar-refractivity contribution in [3.05, 3.63) is 143 Å². The summed E-state index contributed by atoms with van der Waals surface area (Å²) in [5.41, 5.74) is 0.509. The number of thioether (sulfide) groups is 2. The highest BCUT2D eigenvalue weighted by molar-refractivity contribution is 8.00. The molecule has 0 N–H and O–H groups in total. The number of alkyl halides is 6. The average molecular weight is 981 g/mol. The zero-order chi connectivity index (χ0) is 45.0. The van der Waals surface area contributed by atoms with Gasteiger partial charge in [0.1, 0.15) is 4.75 Å². The Morgan fingerprint density at radius 2 is 1.05 bits per heavy atom. The Balaban J connectivity index is 0.000000231. The van der Waals surface area contributed by atoms with E-state index in [2.05, 4.69) is 12.6 Å². The summed E-state index contributed by atoms with van der Waals surface area (Å²) in [5, 5.41) is 0.0923. The molecule has 324 valence electrons. The van der Waals surface area contributed by atoms with Crippen molar-refractivity contribution < 1.29 is 45.5 Å². The molecule has 0 amide bonds. The van der Waals surface area contributed by atoms with Gasteiger partial charge in [-0.3, -0.25) is 19.2 Å². The maximum absolute atomic E-state index is 14.0. The molecule has 2 fully saturated rings. The summed E-state index contributed by atoms with van der Waals surface area (Å²) >= 11 is 30.8. The number of halogens is 10. The van der Waals surface area contributed by atoms with Gasteiger partial charge < -0.3 is 0 Å². The predicted molar refractivity (Wildman–Crippen MR) is 239 cm³/mol. The molecule has 4 nitrogen and oxygen atoms in total. The molecule has 6 rings (SSSR count). The molecule has 2 aliphatic rings. The Morgan fingerprint density at radius 1 is 0.623 bits per heavy atom. The predicted octanol–water partition coefficient (Wildman–Crippen LogP) is 14.3. The second-order valence-corrected chi connectivity index (χ2v) is 19.5. The van der Waals surface area contributed by atoms with Crippen LogP contribution in [-0.2, 0) is 4.75 Å². The van der Waals surface area contributed by atoms with Crippen LogP contribution >= 0.6 is 82.6 Å². The second-order valence-electron chi connectivity index (χ2n) is 14.8. The molecule has 17 heteroatoms. The minimum Gasteiger partial charge on any atom is -0.294 e. The van der Waals surface area contributed by atoms with Gasteiger partial charge in [-0.25, -0.2) is 0 Å². The first-order chi connectivity index (χ1) is 28.4. The van der Waals surface area contributed by atoms with Gasteiger partial charge in [0.15, 0.2) is 23.1 Å². The highest BCUT2D eigenvalue weighted by Crippen LogP contribution is 2.49. The lowest BCUT2D eigenvalue weighted by Crippen LogP contribution is -2.39. The Labute approximate surface area is 382 Å². The Morgan fingerprint density at radius 3 is 1.44 bits per heavy atom. The van der Waals surface area contributed by atoms with Crippen LogP contribution in [0.1, 0.15) is 82.9 Å². The summed E-state index contributed by atoms with van der Waals surface area (Å²) < 4.78 is 80.0. The van der Waals surface area contributed by atoms with E-state index in [1.54, 1.807) is 37.4 Å². The lowest BCUT2D eigenvalue weighted by Gasteiger charge is -2.31. The topological polar surface area (TPSA) is 68.3 Å². The molecule has 2 saturated heterocycles. The van der Waals surface area contributed by atoms with Gasteiger partial charge in [-0.1, -0.05) is 70.7 Å². The minimum absolute atomic E-state index is 0.0150. The Kier molecular flexibility index (Phi) is 16.3. The fourth-order valence-electron chi connectivity index (χ4n) is 6.57. The third-order valence-electron chi connectivity index (χ3n) is 10.0. The van der Waals surface area contributed by atoms with Crippen molar-refractivity contribution in [1.82, 2.24) is 0 Å². The van der Waals surface area contributed by atoms with Crippen LogP contribution in [0.15, 0.2) is 78.9 Å². The SMILES string of the molecule is Cc1cc(C(=O)/C=C(\c2cc(Cl)cc(Cl)c2)C(F)(F)F)ccc1C(=O)CC1CSC1.Cc1cc(C(=O)CC(S)(c2cc(Cl)cc(Cl)c2)C(F)(F)F)ccc1C(=O)CC1CSC1. The number of benzene rings is 4. The first kappa shape index (κ1) is 49.1. The van der Waals surface area contributed by atoms with E-state index in [1.165, 1.54) is 48.5 Å². The molecule has 4 aromatic carbocycles. The van der Waals surface area contributed by atoms with Gasteiger partial charge in [-0.2, -0.15) is 62.5 Å². The minimum atomic E-state index is -4.84. The third kappa shape index (κ3) is 12.6. The normalized spacial score (nSPS) is 15.8. The molecule has 0 aliphatic carbocycles. The fraction of sp³-hybridized carbons (Fsp3) is 0.318. The van der Waals surface area contributed by atoms with Crippen LogP contribution in [0, 0.1) is 25.7 Å². The molecule has 0 bridgehead atoms. The van der Waals surface area contributed by atoms with Gasteiger partial charge in [0.05, 0.1) is 5.57 Å². The number of aryl methyl sites for hydroxylation is 2. The Hall–Kier alpha value is -2.91. The molecule has 2 heterocycles. The quantitative estimate of drug-likeness (QED) is 0.0623. The van der Waals surface area contributed by atoms with Crippen molar-refractivity contribution in [3.8, 4) is 0 Å². The summed E-state index contributed by atoms with van der Waals surface area (Å²) in [6.07, 6.45) is -9.16. The van der Waals surface area contributed by atoms with Gasteiger partial charge in [-0.05, 0) is 126 Å². The van der Waals surface area contributed by atoms with E-state index in [0.717, 1.165) is 47.3 Å². The van der Waals surface area contributed by atoms with Gasteiger partial charge in [0.2, 0.25) is 0 Å². The number of thiol groups is 1. The molecule has 1 unspecified atom stereocenters. The summed E-state index contributed by atoms with van der Waals surface area (Å²) in [5.74, 6) is 2.94. The number of carbonyl (C=O) groups is 4. The molecule has 0 spiro atoms. The second kappa shape index (κ2) is 20.3. The molecular formula is C44H36Cl4F6O4S3. The summed E-state index contributed by atoms with van der Waals surface area (Å²) in [7, 11) is 0. The van der Waals surface area contributed by atoms with Crippen LogP contribution in [0.4, 0.5) is 26.3 Å². The van der Waals surface area contributed by atoms with Crippen LogP contribution in [0.5, 0.6) is 0 Å². The third-order valence-corrected chi connectivity index (χ3v) is 14.4. The number of ketones is 4. The van der Waals surface area contributed by atoms with E-state index in [9.17, 15) is 45.5 Å². The van der Waals surface area contributed by atoms with Crippen molar-refractivity contribution in [1.29, 1.82) is 0 Å². The number of carbonyl (C=O) groups excluding carboxylic acids is 4. The molecule has 4 aromatic rings. The lowest BCUT2D eigenvalue weighted by atomic mass is 9.88. The lowest BCUT2D eigenvalue weighted by molar-refractivity contribution is -0.160. The summed E-state index contributed by atoms with van der Waals surface area (Å²) in [4.78, 5) is 50.3. The van der Waals surface area contributed by atoms with Crippen molar-refractivity contribution in [2.75, 3.05) is 23.0 Å². The van der Waals surface area contributed by atoms with Crippen LogP contribution in [-0.4, -0.2) is 58.5 Å². The standard InChI is InChI=1S/C22H19Cl2F3O2S2.C22H17Cl2F3O2S/c1-12-4-14(2-3-18(12)19(28)5-13-10-31-11-13)20(29)9-21(30,22(25,26)27)15-6-16(23)8-17(24)7-15;1-12-4-14(2-3-18(12)21(29)5-13-10-30-11-13)20(28)9-19(22(25,26)27)15-6-16(23)8-17(24)7-15/h2-4,6-8,13,30H,5,9-11H2,1H3;2-4,6-9,13H,5,10-11H2,1H3/b;19-9+. The summed E-state index contributed by atoms with van der Waals surface area (Å²) in [6, 6.07) is 15.7. The molecule has 61 heavy (non-hydrogen) atoms. The van der Waals surface area contributed by atoms with Gasteiger partial charge >= 0.3 is 12.4 Å². The van der Waals surface area contributed by atoms with Gasteiger partial charge in [-0.15, -0.1) is 0 Å².